The largest absolute Gasteiger partial charge is 0.480 e. The minimum absolute atomic E-state index is 0.161. The lowest BCUT2D eigenvalue weighted by Crippen LogP contribution is -2.58. The van der Waals surface area contributed by atoms with E-state index < -0.39 is 11.5 Å². The molecule has 0 radical (unpaired) electrons. The van der Waals surface area contributed by atoms with Crippen LogP contribution in [0.15, 0.2) is 0 Å². The SMILES string of the molecule is CCC1CN(C(C)CC(C)(NC(C)C)C(=O)O)CCN1C. The normalized spacial score (nSPS) is 25.8. The Hall–Kier alpha value is -0.650. The van der Waals surface area contributed by atoms with Crippen LogP contribution in [-0.2, 0) is 4.79 Å². The number of nitrogens with one attached hydrogen (secondary N) is 1. The molecule has 0 aromatic heterocycles. The van der Waals surface area contributed by atoms with E-state index in [-0.39, 0.29) is 12.1 Å². The number of rotatable bonds is 7. The fourth-order valence-electron chi connectivity index (χ4n) is 3.38. The molecule has 5 nitrogen and oxygen atoms in total. The molecule has 21 heavy (non-hydrogen) atoms. The third kappa shape index (κ3) is 4.94. The van der Waals surface area contributed by atoms with Gasteiger partial charge in [-0.2, -0.15) is 0 Å². The fourth-order valence-corrected chi connectivity index (χ4v) is 3.38. The summed E-state index contributed by atoms with van der Waals surface area (Å²) in [5, 5.41) is 12.8. The monoisotopic (exact) mass is 299 g/mol. The van der Waals surface area contributed by atoms with Crippen molar-refractivity contribution in [2.75, 3.05) is 26.7 Å². The molecule has 5 heteroatoms. The van der Waals surface area contributed by atoms with E-state index in [1.54, 1.807) is 6.92 Å². The van der Waals surface area contributed by atoms with Crippen molar-refractivity contribution >= 4 is 5.97 Å². The van der Waals surface area contributed by atoms with Gasteiger partial charge in [0.2, 0.25) is 0 Å². The van der Waals surface area contributed by atoms with Gasteiger partial charge in [0.25, 0.3) is 0 Å². The van der Waals surface area contributed by atoms with Crippen LogP contribution in [0.1, 0.15) is 47.5 Å². The van der Waals surface area contributed by atoms with Crippen LogP contribution >= 0.6 is 0 Å². The van der Waals surface area contributed by atoms with Gasteiger partial charge in [-0.25, -0.2) is 0 Å². The molecule has 0 saturated carbocycles. The molecule has 0 bridgehead atoms. The lowest BCUT2D eigenvalue weighted by molar-refractivity contribution is -0.145. The van der Waals surface area contributed by atoms with Crippen LogP contribution in [0.25, 0.3) is 0 Å². The van der Waals surface area contributed by atoms with Gasteiger partial charge in [0.05, 0.1) is 0 Å². The topological polar surface area (TPSA) is 55.8 Å². The molecule has 3 atom stereocenters. The van der Waals surface area contributed by atoms with Crippen molar-refractivity contribution in [3.63, 3.8) is 0 Å². The molecule has 0 aliphatic carbocycles. The second-order valence-corrected chi connectivity index (χ2v) is 7.03. The summed E-state index contributed by atoms with van der Waals surface area (Å²) in [5.41, 5.74) is -0.862. The number of carboxylic acid groups (broad SMARTS) is 1. The summed E-state index contributed by atoms with van der Waals surface area (Å²) in [6.07, 6.45) is 1.76. The quantitative estimate of drug-likeness (QED) is 0.748. The first-order valence-electron chi connectivity index (χ1n) is 8.15. The first-order chi connectivity index (χ1) is 9.69. The summed E-state index contributed by atoms with van der Waals surface area (Å²) in [7, 11) is 2.18. The van der Waals surface area contributed by atoms with Gasteiger partial charge in [-0.05, 0) is 47.6 Å². The van der Waals surface area contributed by atoms with E-state index in [0.717, 1.165) is 26.1 Å². The van der Waals surface area contributed by atoms with Crippen LogP contribution in [0.5, 0.6) is 0 Å². The average molecular weight is 299 g/mol. The van der Waals surface area contributed by atoms with Crippen LogP contribution in [0.2, 0.25) is 0 Å². The lowest BCUT2D eigenvalue weighted by Gasteiger charge is -2.43. The van der Waals surface area contributed by atoms with E-state index in [1.807, 2.05) is 13.8 Å². The Balaban J connectivity index is 2.69. The maximum atomic E-state index is 11.7. The predicted octanol–water partition coefficient (Wildman–Crippen LogP) is 1.63. The second-order valence-electron chi connectivity index (χ2n) is 7.03. The molecule has 1 fully saturated rings. The van der Waals surface area contributed by atoms with Crippen LogP contribution in [0, 0.1) is 0 Å². The number of aliphatic carboxylic acids is 1. The molecule has 0 spiro atoms. The second kappa shape index (κ2) is 7.56. The van der Waals surface area contributed by atoms with Crippen molar-refractivity contribution < 1.29 is 9.90 Å². The van der Waals surface area contributed by atoms with E-state index in [0.29, 0.717) is 12.5 Å². The van der Waals surface area contributed by atoms with Crippen molar-refractivity contribution in [1.82, 2.24) is 15.1 Å². The van der Waals surface area contributed by atoms with Gasteiger partial charge in [-0.1, -0.05) is 6.92 Å². The number of likely N-dealkylation sites (N-methyl/N-ethyl adjacent to an activating group) is 1. The molecule has 0 amide bonds. The summed E-state index contributed by atoms with van der Waals surface area (Å²) in [4.78, 5) is 16.5. The summed E-state index contributed by atoms with van der Waals surface area (Å²) >= 11 is 0. The Bertz CT molecular complexity index is 348. The summed E-state index contributed by atoms with van der Waals surface area (Å²) in [5.74, 6) is -0.760. The van der Waals surface area contributed by atoms with E-state index in [9.17, 15) is 9.90 Å². The summed E-state index contributed by atoms with van der Waals surface area (Å²) < 4.78 is 0. The molecular formula is C16H33N3O2. The Kier molecular flexibility index (Phi) is 6.63. The van der Waals surface area contributed by atoms with Gasteiger partial charge < -0.3 is 10.0 Å². The summed E-state index contributed by atoms with van der Waals surface area (Å²) in [6, 6.07) is 1.00. The van der Waals surface area contributed by atoms with Crippen molar-refractivity contribution in [2.24, 2.45) is 0 Å². The smallest absolute Gasteiger partial charge is 0.323 e. The fraction of sp³-hybridized carbons (Fsp3) is 0.938. The average Bonchev–Trinajstić information content (AvgIpc) is 2.37. The van der Waals surface area contributed by atoms with Gasteiger partial charge in [-0.3, -0.25) is 15.0 Å². The van der Waals surface area contributed by atoms with Gasteiger partial charge in [-0.15, -0.1) is 0 Å². The zero-order valence-electron chi connectivity index (χ0n) is 14.5. The van der Waals surface area contributed by atoms with Crippen LogP contribution in [0.3, 0.4) is 0 Å². The van der Waals surface area contributed by atoms with Crippen molar-refractivity contribution in [1.29, 1.82) is 0 Å². The van der Waals surface area contributed by atoms with Gasteiger partial charge in [0.15, 0.2) is 0 Å². The molecule has 124 valence electrons. The number of hydrogen-bond donors (Lipinski definition) is 2. The van der Waals surface area contributed by atoms with Crippen molar-refractivity contribution in [3.8, 4) is 0 Å². The van der Waals surface area contributed by atoms with E-state index >= 15 is 0 Å². The van der Waals surface area contributed by atoms with Crippen molar-refractivity contribution in [2.45, 2.75) is 71.1 Å². The highest BCUT2D eigenvalue weighted by Crippen LogP contribution is 2.21. The first-order valence-corrected chi connectivity index (χ1v) is 8.15. The van der Waals surface area contributed by atoms with Crippen LogP contribution in [-0.4, -0.2) is 71.2 Å². The molecule has 1 aliphatic heterocycles. The number of carbonyl (C=O) groups is 1. The molecule has 1 aliphatic rings. The summed E-state index contributed by atoms with van der Waals surface area (Å²) in [6.45, 7) is 13.3. The van der Waals surface area contributed by atoms with Crippen LogP contribution in [0.4, 0.5) is 0 Å². The Morgan fingerprint density at radius 3 is 2.48 bits per heavy atom. The third-order valence-corrected chi connectivity index (χ3v) is 4.69. The molecule has 0 aromatic carbocycles. The van der Waals surface area contributed by atoms with E-state index in [1.165, 1.54) is 0 Å². The Morgan fingerprint density at radius 1 is 1.38 bits per heavy atom. The molecule has 1 heterocycles. The van der Waals surface area contributed by atoms with Gasteiger partial charge in [0, 0.05) is 37.8 Å². The minimum Gasteiger partial charge on any atom is -0.480 e. The Morgan fingerprint density at radius 2 is 2.00 bits per heavy atom. The number of carboxylic acids is 1. The van der Waals surface area contributed by atoms with Crippen LogP contribution < -0.4 is 5.32 Å². The lowest BCUT2D eigenvalue weighted by atomic mass is 9.91. The predicted molar refractivity (Wildman–Crippen MR) is 86.7 cm³/mol. The number of nitrogens with zero attached hydrogens (tertiary/aromatic N) is 2. The standard InChI is InChI=1S/C16H33N3O2/c1-7-14-11-19(9-8-18(14)6)13(4)10-16(5,15(20)21)17-12(2)3/h12-14,17H,7-11H2,1-6H3,(H,20,21). The highest BCUT2D eigenvalue weighted by atomic mass is 16.4. The zero-order chi connectivity index (χ0) is 16.2. The van der Waals surface area contributed by atoms with Gasteiger partial charge in [0.1, 0.15) is 5.54 Å². The molecule has 1 saturated heterocycles. The van der Waals surface area contributed by atoms with E-state index in [2.05, 4.69) is 36.0 Å². The van der Waals surface area contributed by atoms with Crippen molar-refractivity contribution in [3.05, 3.63) is 0 Å². The number of piperazine rings is 1. The maximum absolute atomic E-state index is 11.7. The molecule has 1 rings (SSSR count). The highest BCUT2D eigenvalue weighted by molar-refractivity contribution is 5.78. The number of hydrogen-bond acceptors (Lipinski definition) is 4. The van der Waals surface area contributed by atoms with E-state index in [4.69, 9.17) is 0 Å². The molecular weight excluding hydrogens is 266 g/mol. The van der Waals surface area contributed by atoms with Gasteiger partial charge >= 0.3 is 5.97 Å². The Labute approximate surface area is 129 Å². The minimum atomic E-state index is -0.862. The zero-order valence-corrected chi connectivity index (χ0v) is 14.5. The molecule has 0 aromatic rings. The maximum Gasteiger partial charge on any atom is 0.323 e. The first kappa shape index (κ1) is 18.4. The third-order valence-electron chi connectivity index (χ3n) is 4.69. The highest BCUT2D eigenvalue weighted by Gasteiger charge is 2.37. The molecule has 3 unspecified atom stereocenters. The molecule has 2 N–H and O–H groups in total.